The number of pyridine rings is 1. The zero-order valence-corrected chi connectivity index (χ0v) is 14.1. The van der Waals surface area contributed by atoms with Crippen molar-refractivity contribution in [2.75, 3.05) is 0 Å². The molecule has 0 unspecified atom stereocenters. The smallest absolute Gasteiger partial charge is 0.336 e. The van der Waals surface area contributed by atoms with Crippen molar-refractivity contribution in [3.63, 3.8) is 0 Å². The monoisotopic (exact) mass is 432 g/mol. The number of carboxylic acids is 1. The first-order chi connectivity index (χ1) is 9.88. The number of hydrogen-bond donors (Lipinski definition) is 1. The molecule has 1 aromatic heterocycles. The van der Waals surface area contributed by atoms with Gasteiger partial charge in [-0.05, 0) is 50.1 Å². The molecule has 0 aliphatic carbocycles. The van der Waals surface area contributed by atoms with Crippen molar-refractivity contribution in [3.8, 4) is 0 Å². The summed E-state index contributed by atoms with van der Waals surface area (Å²) >= 11 is 7.31. The molecule has 0 fully saturated rings. The van der Waals surface area contributed by atoms with Gasteiger partial charge in [0.25, 0.3) is 0 Å². The van der Waals surface area contributed by atoms with Crippen molar-refractivity contribution in [1.29, 1.82) is 0 Å². The molecule has 0 spiro atoms. The first-order valence-electron chi connectivity index (χ1n) is 5.39. The number of nitrogens with zero attached hydrogens (tertiary/aromatic N) is 2. The van der Waals surface area contributed by atoms with E-state index in [1.807, 2.05) is 0 Å². The molecular weight excluding hydrogens is 428 g/mol. The van der Waals surface area contributed by atoms with E-state index in [9.17, 15) is 14.9 Å². The topological polar surface area (TPSA) is 93.3 Å². The summed E-state index contributed by atoms with van der Waals surface area (Å²) < 4.78 is 0.943. The van der Waals surface area contributed by atoms with Crippen LogP contribution >= 0.6 is 43.6 Å². The molecule has 0 saturated carbocycles. The molecule has 6 nitrogen and oxygen atoms in total. The summed E-state index contributed by atoms with van der Waals surface area (Å²) in [5, 5.41) is 20.3. The lowest BCUT2D eigenvalue weighted by Crippen LogP contribution is -1.98. The molecule has 21 heavy (non-hydrogen) atoms. The fourth-order valence-corrected chi connectivity index (χ4v) is 3.08. The Hall–Kier alpha value is -1.45. The van der Waals surface area contributed by atoms with Crippen molar-refractivity contribution in [2.24, 2.45) is 0 Å². The Balaban J connectivity index is 2.41. The molecule has 0 atom stereocenters. The van der Waals surface area contributed by atoms with E-state index < -0.39 is 10.9 Å². The molecule has 1 N–H and O–H groups in total. The molecule has 0 aliphatic heterocycles. The molecule has 0 saturated heterocycles. The Bertz CT molecular complexity index is 739. The van der Waals surface area contributed by atoms with Gasteiger partial charge in [-0.1, -0.05) is 11.8 Å². The summed E-state index contributed by atoms with van der Waals surface area (Å²) in [5.74, 6) is -1.08. The summed E-state index contributed by atoms with van der Waals surface area (Å²) in [6.07, 6.45) is 1.45. The van der Waals surface area contributed by atoms with Crippen LogP contribution in [0.1, 0.15) is 10.4 Å². The van der Waals surface area contributed by atoms with E-state index in [1.165, 1.54) is 18.3 Å². The summed E-state index contributed by atoms with van der Waals surface area (Å²) in [7, 11) is 0. The van der Waals surface area contributed by atoms with Crippen LogP contribution in [-0.2, 0) is 0 Å². The minimum absolute atomic E-state index is 0.0831. The molecule has 1 aromatic carbocycles. The molecule has 108 valence electrons. The molecule has 2 rings (SSSR count). The summed E-state index contributed by atoms with van der Waals surface area (Å²) in [6, 6.07) is 6.03. The lowest BCUT2D eigenvalue weighted by Gasteiger charge is -2.05. The number of aromatic nitrogens is 1. The first-order valence-corrected chi connectivity index (χ1v) is 7.79. The zero-order valence-electron chi connectivity index (χ0n) is 10.1. The van der Waals surface area contributed by atoms with Gasteiger partial charge in [-0.15, -0.1) is 0 Å². The highest BCUT2D eigenvalue weighted by Crippen LogP contribution is 2.35. The molecule has 0 radical (unpaired) electrons. The van der Waals surface area contributed by atoms with E-state index in [0.717, 1.165) is 11.8 Å². The Morgan fingerprint density at radius 1 is 1.33 bits per heavy atom. The lowest BCUT2D eigenvalue weighted by molar-refractivity contribution is -0.388. The van der Waals surface area contributed by atoms with Crippen molar-refractivity contribution >= 4 is 55.3 Å². The van der Waals surface area contributed by atoms with Crippen molar-refractivity contribution in [1.82, 2.24) is 4.98 Å². The number of halogens is 2. The highest BCUT2D eigenvalue weighted by atomic mass is 79.9. The van der Waals surface area contributed by atoms with Crippen molar-refractivity contribution in [2.45, 2.75) is 9.92 Å². The molecular formula is C12H6Br2N2O4S. The van der Waals surface area contributed by atoms with Crippen LogP contribution in [0.2, 0.25) is 0 Å². The maximum Gasteiger partial charge on any atom is 0.336 e. The van der Waals surface area contributed by atoms with Crippen molar-refractivity contribution < 1.29 is 14.8 Å². The van der Waals surface area contributed by atoms with E-state index in [0.29, 0.717) is 13.8 Å². The number of hydrogen-bond acceptors (Lipinski definition) is 5. The third-order valence-corrected chi connectivity index (χ3v) is 4.50. The van der Waals surface area contributed by atoms with Gasteiger partial charge in [0.1, 0.15) is 0 Å². The minimum atomic E-state index is -1.08. The van der Waals surface area contributed by atoms with E-state index in [2.05, 4.69) is 36.8 Å². The van der Waals surface area contributed by atoms with Gasteiger partial charge in [-0.3, -0.25) is 10.1 Å². The third-order valence-electron chi connectivity index (χ3n) is 2.38. The van der Waals surface area contributed by atoms with Gasteiger partial charge in [0.05, 0.1) is 10.5 Å². The summed E-state index contributed by atoms with van der Waals surface area (Å²) in [5.41, 5.74) is -0.0612. The average molecular weight is 434 g/mol. The van der Waals surface area contributed by atoms with Crippen LogP contribution in [0.4, 0.5) is 5.69 Å². The third kappa shape index (κ3) is 3.80. The Morgan fingerprint density at radius 3 is 2.67 bits per heavy atom. The van der Waals surface area contributed by atoms with Gasteiger partial charge < -0.3 is 5.11 Å². The SMILES string of the molecule is O=C(O)c1cc(Sc2ncc(Br)cc2[N+](=O)[O-])ccc1Br. The van der Waals surface area contributed by atoms with E-state index in [4.69, 9.17) is 5.11 Å². The predicted molar refractivity (Wildman–Crippen MR) is 83.8 cm³/mol. The number of benzene rings is 1. The van der Waals surface area contributed by atoms with Gasteiger partial charge >= 0.3 is 11.7 Å². The van der Waals surface area contributed by atoms with Gasteiger partial charge in [0.15, 0.2) is 5.03 Å². The Morgan fingerprint density at radius 2 is 2.05 bits per heavy atom. The Kier molecular flexibility index (Phi) is 4.96. The van der Waals surface area contributed by atoms with Crippen LogP contribution in [0.5, 0.6) is 0 Å². The largest absolute Gasteiger partial charge is 0.478 e. The number of rotatable bonds is 4. The van der Waals surface area contributed by atoms with Gasteiger partial charge in [0, 0.05) is 26.1 Å². The van der Waals surface area contributed by atoms with E-state index in [-0.39, 0.29) is 16.3 Å². The molecule has 0 aliphatic rings. The Labute approximate surface area is 140 Å². The van der Waals surface area contributed by atoms with Crippen LogP contribution in [0.15, 0.2) is 49.3 Å². The average Bonchev–Trinajstić information content (AvgIpc) is 2.42. The highest BCUT2D eigenvalue weighted by Gasteiger charge is 2.18. The molecule has 0 amide bonds. The maximum absolute atomic E-state index is 11.1. The van der Waals surface area contributed by atoms with Crippen LogP contribution in [0.3, 0.4) is 0 Å². The van der Waals surface area contributed by atoms with Gasteiger partial charge in [-0.2, -0.15) is 0 Å². The zero-order chi connectivity index (χ0) is 15.6. The van der Waals surface area contributed by atoms with Crippen molar-refractivity contribution in [3.05, 3.63) is 55.1 Å². The van der Waals surface area contributed by atoms with Gasteiger partial charge in [0.2, 0.25) is 0 Å². The predicted octanol–water partition coefficient (Wildman–Crippen LogP) is 4.36. The van der Waals surface area contributed by atoms with Crippen LogP contribution in [0.25, 0.3) is 0 Å². The molecule has 9 heteroatoms. The number of carbonyl (C=O) groups is 1. The fraction of sp³-hybridized carbons (Fsp3) is 0. The maximum atomic E-state index is 11.1. The minimum Gasteiger partial charge on any atom is -0.478 e. The molecule has 1 heterocycles. The number of carboxylic acid groups (broad SMARTS) is 1. The molecule has 2 aromatic rings. The van der Waals surface area contributed by atoms with Crippen LogP contribution in [0, 0.1) is 10.1 Å². The second-order valence-electron chi connectivity index (χ2n) is 3.78. The standard InChI is InChI=1S/C12H6Br2N2O4S/c13-6-3-10(16(19)20)11(15-5-6)21-7-1-2-9(14)8(4-7)12(17)18/h1-5H,(H,17,18). The first kappa shape index (κ1) is 15.9. The number of aromatic carboxylic acids is 1. The molecule has 0 bridgehead atoms. The van der Waals surface area contributed by atoms with E-state index in [1.54, 1.807) is 12.1 Å². The van der Waals surface area contributed by atoms with Crippen LogP contribution in [-0.4, -0.2) is 21.0 Å². The highest BCUT2D eigenvalue weighted by molar-refractivity contribution is 9.10. The second kappa shape index (κ2) is 6.54. The fourth-order valence-electron chi connectivity index (χ4n) is 1.47. The summed E-state index contributed by atoms with van der Waals surface area (Å²) in [6.45, 7) is 0. The lowest BCUT2D eigenvalue weighted by atomic mass is 10.2. The van der Waals surface area contributed by atoms with Crippen LogP contribution < -0.4 is 0 Å². The second-order valence-corrected chi connectivity index (χ2v) is 6.62. The van der Waals surface area contributed by atoms with E-state index >= 15 is 0 Å². The normalized spacial score (nSPS) is 10.4. The van der Waals surface area contributed by atoms with Gasteiger partial charge in [-0.25, -0.2) is 9.78 Å². The number of nitro groups is 1. The summed E-state index contributed by atoms with van der Waals surface area (Å²) in [4.78, 5) is 26.1. The quantitative estimate of drug-likeness (QED) is 0.568.